The molecule has 8 heteroatoms. The van der Waals surface area contributed by atoms with Crippen molar-refractivity contribution in [2.24, 2.45) is 0 Å². The van der Waals surface area contributed by atoms with Crippen molar-refractivity contribution in [3.8, 4) is 0 Å². The summed E-state index contributed by atoms with van der Waals surface area (Å²) in [7, 11) is -3.73. The van der Waals surface area contributed by atoms with Gasteiger partial charge in [-0.2, -0.15) is 0 Å². The van der Waals surface area contributed by atoms with Crippen LogP contribution in [0, 0.1) is 0 Å². The predicted octanol–water partition coefficient (Wildman–Crippen LogP) is 2.27. The lowest BCUT2D eigenvalue weighted by atomic mass is 10.2. The van der Waals surface area contributed by atoms with Crippen LogP contribution < -0.4 is 0 Å². The monoisotopic (exact) mass is 342 g/mol. The topological polar surface area (TPSA) is 67.3 Å². The van der Waals surface area contributed by atoms with Crippen molar-refractivity contribution in [3.05, 3.63) is 45.9 Å². The van der Waals surface area contributed by atoms with Gasteiger partial charge in [-0.25, -0.2) is 17.7 Å². The number of alkyl halides is 1. The first-order chi connectivity index (χ1) is 10.0. The van der Waals surface area contributed by atoms with Crippen LogP contribution in [0.4, 0.5) is 0 Å². The van der Waals surface area contributed by atoms with E-state index >= 15 is 0 Å². The van der Waals surface area contributed by atoms with Crippen LogP contribution in [-0.4, -0.2) is 30.2 Å². The van der Waals surface area contributed by atoms with Gasteiger partial charge in [0.25, 0.3) is 15.9 Å². The number of carbonyl (C=O) groups excluding carboxylic acids is 1. The normalized spacial score (nSPS) is 16.2. The fourth-order valence-electron chi connectivity index (χ4n) is 2.17. The van der Waals surface area contributed by atoms with Crippen molar-refractivity contribution in [1.82, 2.24) is 9.29 Å². The molecule has 21 heavy (non-hydrogen) atoms. The van der Waals surface area contributed by atoms with E-state index in [0.717, 1.165) is 15.0 Å². The van der Waals surface area contributed by atoms with E-state index in [-0.39, 0.29) is 17.0 Å². The minimum absolute atomic E-state index is 0.0792. The number of thiazole rings is 1. The van der Waals surface area contributed by atoms with Gasteiger partial charge in [0.05, 0.1) is 22.1 Å². The van der Waals surface area contributed by atoms with E-state index in [2.05, 4.69) is 4.98 Å². The number of sulfonamides is 1. The highest BCUT2D eigenvalue weighted by atomic mass is 35.5. The summed E-state index contributed by atoms with van der Waals surface area (Å²) in [6.07, 6.45) is 0.389. The summed E-state index contributed by atoms with van der Waals surface area (Å²) in [4.78, 5) is 16.5. The van der Waals surface area contributed by atoms with E-state index in [9.17, 15) is 13.2 Å². The van der Waals surface area contributed by atoms with Gasteiger partial charge in [0.15, 0.2) is 0 Å². The zero-order chi connectivity index (χ0) is 15.0. The van der Waals surface area contributed by atoms with Crippen molar-refractivity contribution in [2.75, 3.05) is 6.54 Å². The lowest BCUT2D eigenvalue weighted by molar-refractivity contribution is 0.0872. The summed E-state index contributed by atoms with van der Waals surface area (Å²) in [5, 5.41) is 2.60. The molecule has 2 heterocycles. The van der Waals surface area contributed by atoms with E-state index in [4.69, 9.17) is 11.6 Å². The molecule has 3 rings (SSSR count). The van der Waals surface area contributed by atoms with E-state index < -0.39 is 15.9 Å². The smallest absolute Gasteiger partial charge is 0.268 e. The molecule has 0 bridgehead atoms. The van der Waals surface area contributed by atoms with Crippen LogP contribution in [-0.2, 0) is 22.3 Å². The molecule has 1 aliphatic heterocycles. The van der Waals surface area contributed by atoms with E-state index in [1.54, 1.807) is 12.1 Å². The number of hydrogen-bond donors (Lipinski definition) is 0. The van der Waals surface area contributed by atoms with Gasteiger partial charge in [0.2, 0.25) is 0 Å². The molecule has 0 unspecified atom stereocenters. The third-order valence-electron chi connectivity index (χ3n) is 3.18. The van der Waals surface area contributed by atoms with Crippen LogP contribution in [0.15, 0.2) is 34.5 Å². The highest BCUT2D eigenvalue weighted by Gasteiger charge is 2.40. The van der Waals surface area contributed by atoms with Gasteiger partial charge in [-0.1, -0.05) is 12.1 Å². The Morgan fingerprint density at radius 2 is 2.05 bits per heavy atom. The number of benzene rings is 1. The largest absolute Gasteiger partial charge is 0.269 e. The van der Waals surface area contributed by atoms with Crippen molar-refractivity contribution < 1.29 is 13.2 Å². The van der Waals surface area contributed by atoms with Gasteiger partial charge in [-0.15, -0.1) is 22.9 Å². The Labute approximate surface area is 131 Å². The number of nitrogens with zero attached hydrogens (tertiary/aromatic N) is 2. The van der Waals surface area contributed by atoms with Crippen LogP contribution in [0.25, 0.3) is 0 Å². The molecule has 0 aliphatic carbocycles. The maximum Gasteiger partial charge on any atom is 0.269 e. The predicted molar refractivity (Wildman–Crippen MR) is 80.0 cm³/mol. The second-order valence-electron chi connectivity index (χ2n) is 4.49. The standard InChI is InChI=1S/C13H11ClN2O3S2/c14-7-9-8-20-12(15-9)5-6-16-13(17)10-3-1-2-4-11(10)21(16,18)19/h1-4,8H,5-7H2. The molecule has 0 saturated heterocycles. The second-order valence-corrected chi connectivity index (χ2v) is 7.54. The zero-order valence-electron chi connectivity index (χ0n) is 10.8. The van der Waals surface area contributed by atoms with Crippen molar-refractivity contribution in [2.45, 2.75) is 17.2 Å². The molecule has 0 radical (unpaired) electrons. The van der Waals surface area contributed by atoms with E-state index in [1.807, 2.05) is 5.38 Å². The summed E-state index contributed by atoms with van der Waals surface area (Å²) < 4.78 is 25.6. The van der Waals surface area contributed by atoms with Gasteiger partial charge < -0.3 is 0 Å². The zero-order valence-corrected chi connectivity index (χ0v) is 13.2. The van der Waals surface area contributed by atoms with Crippen LogP contribution in [0.5, 0.6) is 0 Å². The number of aromatic nitrogens is 1. The Morgan fingerprint density at radius 3 is 2.71 bits per heavy atom. The average Bonchev–Trinajstić information content (AvgIpc) is 3.01. The molecule has 2 aromatic rings. The lowest BCUT2D eigenvalue weighted by Gasteiger charge is -2.13. The van der Waals surface area contributed by atoms with Gasteiger partial charge in [-0.05, 0) is 12.1 Å². The van der Waals surface area contributed by atoms with Crippen molar-refractivity contribution in [3.63, 3.8) is 0 Å². The van der Waals surface area contributed by atoms with Gasteiger partial charge >= 0.3 is 0 Å². The Bertz CT molecular complexity index is 801. The third kappa shape index (κ3) is 2.45. The number of carbonyl (C=O) groups is 1. The SMILES string of the molecule is O=C1c2ccccc2S(=O)(=O)N1CCc1nc(CCl)cs1. The minimum Gasteiger partial charge on any atom is -0.268 e. The molecule has 0 saturated carbocycles. The summed E-state index contributed by atoms with van der Waals surface area (Å²) in [5.74, 6) is -0.150. The summed E-state index contributed by atoms with van der Waals surface area (Å²) in [5.41, 5.74) is 0.994. The molecule has 1 amide bonds. The fraction of sp³-hybridized carbons (Fsp3) is 0.231. The van der Waals surface area contributed by atoms with Crippen LogP contribution in [0.2, 0.25) is 0 Å². The Kier molecular flexibility index (Phi) is 3.73. The highest BCUT2D eigenvalue weighted by Crippen LogP contribution is 2.30. The molecule has 110 valence electrons. The number of halogens is 1. The number of rotatable bonds is 4. The number of hydrogen-bond acceptors (Lipinski definition) is 5. The van der Waals surface area contributed by atoms with Crippen LogP contribution >= 0.6 is 22.9 Å². The van der Waals surface area contributed by atoms with Gasteiger partial charge in [-0.3, -0.25) is 4.79 Å². The van der Waals surface area contributed by atoms with Crippen LogP contribution in [0.3, 0.4) is 0 Å². The maximum absolute atomic E-state index is 12.3. The number of fused-ring (bicyclic) bond motifs is 1. The highest BCUT2D eigenvalue weighted by molar-refractivity contribution is 7.90. The van der Waals surface area contributed by atoms with Gasteiger partial charge in [0.1, 0.15) is 4.90 Å². The first-order valence-electron chi connectivity index (χ1n) is 6.19. The van der Waals surface area contributed by atoms with Crippen molar-refractivity contribution in [1.29, 1.82) is 0 Å². The molecule has 1 aromatic carbocycles. The molecule has 0 spiro atoms. The average molecular weight is 343 g/mol. The summed E-state index contributed by atoms with van der Waals surface area (Å²) in [6.45, 7) is 0.0884. The minimum atomic E-state index is -3.73. The first-order valence-corrected chi connectivity index (χ1v) is 9.05. The van der Waals surface area contributed by atoms with Crippen LogP contribution in [0.1, 0.15) is 21.1 Å². The molecule has 0 atom stereocenters. The number of amides is 1. The molecule has 0 fully saturated rings. The first kappa shape index (κ1) is 14.5. The Balaban J connectivity index is 1.82. The maximum atomic E-state index is 12.3. The summed E-state index contributed by atoms with van der Waals surface area (Å²) >= 11 is 7.10. The summed E-state index contributed by atoms with van der Waals surface area (Å²) in [6, 6.07) is 6.26. The molecular formula is C13H11ClN2O3S2. The van der Waals surface area contributed by atoms with Crippen molar-refractivity contribution >= 4 is 38.9 Å². The van der Waals surface area contributed by atoms with E-state index in [1.165, 1.54) is 23.5 Å². The molecule has 5 nitrogen and oxygen atoms in total. The molecule has 0 N–H and O–H groups in total. The molecule has 1 aliphatic rings. The molecule has 1 aromatic heterocycles. The third-order valence-corrected chi connectivity index (χ3v) is 6.25. The van der Waals surface area contributed by atoms with E-state index in [0.29, 0.717) is 12.3 Å². The molecular weight excluding hydrogens is 332 g/mol. The Morgan fingerprint density at radius 1 is 1.29 bits per heavy atom. The quantitative estimate of drug-likeness (QED) is 0.799. The fourth-order valence-corrected chi connectivity index (χ4v) is 4.76. The van der Waals surface area contributed by atoms with Gasteiger partial charge in [0, 0.05) is 18.3 Å². The second kappa shape index (κ2) is 5.40. The Hall–Kier alpha value is -1.44. The lowest BCUT2D eigenvalue weighted by Crippen LogP contribution is -2.32.